The zero-order valence-electron chi connectivity index (χ0n) is 17.4. The van der Waals surface area contributed by atoms with Crippen molar-refractivity contribution in [1.29, 1.82) is 0 Å². The average Bonchev–Trinajstić information content (AvgIpc) is 2.79. The van der Waals surface area contributed by atoms with Crippen LogP contribution in [0.2, 0.25) is 0 Å². The molecule has 3 heterocycles. The zero-order chi connectivity index (χ0) is 21.8. The highest BCUT2D eigenvalue weighted by atomic mass is 16.5. The van der Waals surface area contributed by atoms with E-state index in [9.17, 15) is 14.4 Å². The molecule has 0 saturated carbocycles. The number of rotatable bonds is 5. The number of benzene rings is 1. The first-order chi connectivity index (χ1) is 15.1. The first-order valence-corrected chi connectivity index (χ1v) is 10.4. The number of anilines is 1. The van der Waals surface area contributed by atoms with E-state index in [1.807, 2.05) is 29.2 Å². The van der Waals surface area contributed by atoms with Crippen molar-refractivity contribution < 1.29 is 28.6 Å². The minimum Gasteiger partial charge on any atom is -0.477 e. The molecule has 0 spiro atoms. The van der Waals surface area contributed by atoms with E-state index in [0.29, 0.717) is 43.3 Å². The highest BCUT2D eigenvalue weighted by Gasteiger charge is 2.35. The molecular formula is C21H26N4O6. The number of nitrogens with zero attached hydrogens (tertiary/aromatic N) is 2. The Kier molecular flexibility index (Phi) is 6.26. The summed E-state index contributed by atoms with van der Waals surface area (Å²) in [4.78, 5) is 41.1. The van der Waals surface area contributed by atoms with Gasteiger partial charge < -0.3 is 34.6 Å². The number of ether oxygens (including phenoxy) is 3. The molecule has 0 aliphatic carbocycles. The number of fused-ring (bicyclic) bond motifs is 1. The normalized spacial score (nSPS) is 20.9. The number of morpholine rings is 1. The van der Waals surface area contributed by atoms with Gasteiger partial charge in [-0.05, 0) is 19.1 Å². The van der Waals surface area contributed by atoms with Gasteiger partial charge in [-0.3, -0.25) is 4.79 Å². The number of urea groups is 1. The van der Waals surface area contributed by atoms with Crippen molar-refractivity contribution in [3.63, 3.8) is 0 Å². The third-order valence-electron chi connectivity index (χ3n) is 5.38. The molecule has 1 aromatic carbocycles. The number of esters is 1. The standard InChI is InChI=1S/C21H26N4O6/c1-2-30-20(27)14-11-22-21(28)23-15(14)12-25-13-18(19(26)24-7-9-29-10-8-24)31-17-6-4-3-5-16(17)25/h3-6,18H,2,7-13H2,1H3,(H2,22,23,28). The minimum atomic E-state index is -0.697. The molecule has 166 valence electrons. The van der Waals surface area contributed by atoms with Gasteiger partial charge in [0.05, 0.1) is 56.4 Å². The van der Waals surface area contributed by atoms with Gasteiger partial charge in [0.2, 0.25) is 0 Å². The van der Waals surface area contributed by atoms with Gasteiger partial charge in [-0.15, -0.1) is 0 Å². The van der Waals surface area contributed by atoms with Gasteiger partial charge in [0.25, 0.3) is 5.91 Å². The van der Waals surface area contributed by atoms with E-state index >= 15 is 0 Å². The Labute approximate surface area is 180 Å². The lowest BCUT2D eigenvalue weighted by Crippen LogP contribution is -2.54. The summed E-state index contributed by atoms with van der Waals surface area (Å²) in [6, 6.07) is 7.03. The molecule has 3 amide bonds. The van der Waals surface area contributed by atoms with Crippen LogP contribution in [-0.4, -0.2) is 81.5 Å². The Morgan fingerprint density at radius 1 is 1.23 bits per heavy atom. The summed E-state index contributed by atoms with van der Waals surface area (Å²) in [6.07, 6.45) is -0.697. The van der Waals surface area contributed by atoms with Crippen LogP contribution in [0.15, 0.2) is 35.5 Å². The predicted octanol–water partition coefficient (Wildman–Crippen LogP) is 0.243. The highest BCUT2D eigenvalue weighted by molar-refractivity contribution is 5.94. The molecule has 3 aliphatic rings. The van der Waals surface area contributed by atoms with Gasteiger partial charge in [0.1, 0.15) is 5.75 Å². The monoisotopic (exact) mass is 430 g/mol. The van der Waals surface area contributed by atoms with E-state index in [-0.39, 0.29) is 38.2 Å². The van der Waals surface area contributed by atoms with E-state index in [1.165, 1.54) is 0 Å². The van der Waals surface area contributed by atoms with E-state index in [4.69, 9.17) is 14.2 Å². The SMILES string of the molecule is CCOC(=O)C1=C(CN2CC(C(=O)N3CCOCC3)Oc3ccccc32)NC(=O)NC1. The predicted molar refractivity (Wildman–Crippen MR) is 111 cm³/mol. The van der Waals surface area contributed by atoms with Gasteiger partial charge in [-0.1, -0.05) is 12.1 Å². The van der Waals surface area contributed by atoms with Crippen LogP contribution in [0.25, 0.3) is 0 Å². The summed E-state index contributed by atoms with van der Waals surface area (Å²) < 4.78 is 16.5. The van der Waals surface area contributed by atoms with Crippen molar-refractivity contribution in [2.45, 2.75) is 13.0 Å². The molecule has 0 radical (unpaired) electrons. The summed E-state index contributed by atoms with van der Waals surface area (Å²) in [6.45, 7) is 4.64. The third kappa shape index (κ3) is 4.58. The van der Waals surface area contributed by atoms with Gasteiger partial charge in [-0.25, -0.2) is 9.59 Å². The summed E-state index contributed by atoms with van der Waals surface area (Å²) in [7, 11) is 0. The topological polar surface area (TPSA) is 109 Å². The third-order valence-corrected chi connectivity index (χ3v) is 5.38. The fourth-order valence-corrected chi connectivity index (χ4v) is 3.84. The lowest BCUT2D eigenvalue weighted by molar-refractivity contribution is -0.142. The number of hydrogen-bond acceptors (Lipinski definition) is 7. The second kappa shape index (κ2) is 9.25. The lowest BCUT2D eigenvalue weighted by Gasteiger charge is -2.39. The Hall–Kier alpha value is -3.27. The first-order valence-electron chi connectivity index (χ1n) is 10.4. The van der Waals surface area contributed by atoms with Crippen LogP contribution in [0.5, 0.6) is 5.75 Å². The number of carbonyl (C=O) groups is 3. The Bertz CT molecular complexity index is 896. The summed E-state index contributed by atoms with van der Waals surface area (Å²) in [5.41, 5.74) is 1.61. The smallest absolute Gasteiger partial charge is 0.337 e. The van der Waals surface area contributed by atoms with Crippen LogP contribution in [-0.2, 0) is 19.1 Å². The van der Waals surface area contributed by atoms with Crippen LogP contribution in [0.3, 0.4) is 0 Å². The molecule has 10 nitrogen and oxygen atoms in total. The fraction of sp³-hybridized carbons (Fsp3) is 0.476. The number of carbonyl (C=O) groups excluding carboxylic acids is 3. The second-order valence-electron chi connectivity index (χ2n) is 7.38. The van der Waals surface area contributed by atoms with E-state index in [2.05, 4.69) is 10.6 Å². The summed E-state index contributed by atoms with van der Waals surface area (Å²) in [5.74, 6) is 0.00291. The van der Waals surface area contributed by atoms with Gasteiger partial charge in [0, 0.05) is 13.1 Å². The van der Waals surface area contributed by atoms with Crippen molar-refractivity contribution in [3.8, 4) is 5.75 Å². The zero-order valence-corrected chi connectivity index (χ0v) is 17.4. The molecule has 2 N–H and O–H groups in total. The lowest BCUT2D eigenvalue weighted by atomic mass is 10.1. The first kappa shape index (κ1) is 21.0. The molecule has 1 atom stereocenters. The summed E-state index contributed by atoms with van der Waals surface area (Å²) in [5, 5.41) is 5.33. The van der Waals surface area contributed by atoms with E-state index in [1.54, 1.807) is 11.8 Å². The summed E-state index contributed by atoms with van der Waals surface area (Å²) >= 11 is 0. The maximum absolute atomic E-state index is 13.1. The van der Waals surface area contributed by atoms with Crippen LogP contribution < -0.4 is 20.3 Å². The van der Waals surface area contributed by atoms with Crippen molar-refractivity contribution in [1.82, 2.24) is 15.5 Å². The van der Waals surface area contributed by atoms with E-state index in [0.717, 1.165) is 5.69 Å². The van der Waals surface area contributed by atoms with Gasteiger partial charge in [-0.2, -0.15) is 0 Å². The molecule has 10 heteroatoms. The average molecular weight is 430 g/mol. The van der Waals surface area contributed by atoms with Crippen LogP contribution in [0.1, 0.15) is 6.92 Å². The molecule has 1 unspecified atom stereocenters. The van der Waals surface area contributed by atoms with Crippen LogP contribution in [0, 0.1) is 0 Å². The molecule has 0 bridgehead atoms. The Morgan fingerprint density at radius 2 is 2.00 bits per heavy atom. The second-order valence-corrected chi connectivity index (χ2v) is 7.38. The maximum atomic E-state index is 13.1. The minimum absolute atomic E-state index is 0.0854. The molecule has 4 rings (SSSR count). The fourth-order valence-electron chi connectivity index (χ4n) is 3.84. The Morgan fingerprint density at radius 3 is 2.77 bits per heavy atom. The number of amides is 3. The van der Waals surface area contributed by atoms with Crippen molar-refractivity contribution >= 4 is 23.6 Å². The molecule has 1 aromatic rings. The van der Waals surface area contributed by atoms with Crippen molar-refractivity contribution in [2.75, 3.05) is 57.4 Å². The molecule has 0 aromatic heterocycles. The number of hydrogen-bond donors (Lipinski definition) is 2. The highest BCUT2D eigenvalue weighted by Crippen LogP contribution is 2.34. The van der Waals surface area contributed by atoms with Crippen molar-refractivity contribution in [3.05, 3.63) is 35.5 Å². The number of nitrogens with one attached hydrogen (secondary N) is 2. The van der Waals surface area contributed by atoms with E-state index < -0.39 is 12.1 Å². The maximum Gasteiger partial charge on any atom is 0.337 e. The van der Waals surface area contributed by atoms with Crippen LogP contribution >= 0.6 is 0 Å². The molecule has 1 fully saturated rings. The molecule has 31 heavy (non-hydrogen) atoms. The molecule has 3 aliphatic heterocycles. The van der Waals surface area contributed by atoms with Crippen LogP contribution in [0.4, 0.5) is 10.5 Å². The Balaban J connectivity index is 1.60. The van der Waals surface area contributed by atoms with Crippen molar-refractivity contribution in [2.24, 2.45) is 0 Å². The molecule has 1 saturated heterocycles. The molecular weight excluding hydrogens is 404 g/mol. The van der Waals surface area contributed by atoms with Gasteiger partial charge >= 0.3 is 12.0 Å². The largest absolute Gasteiger partial charge is 0.477 e. The quantitative estimate of drug-likeness (QED) is 0.644. The van der Waals surface area contributed by atoms with Gasteiger partial charge in [0.15, 0.2) is 6.10 Å². The number of para-hydroxylation sites is 2.